The largest absolute Gasteiger partial charge is 0.497 e. The molecule has 0 aliphatic heterocycles. The van der Waals surface area contributed by atoms with Crippen LogP contribution >= 0.6 is 23.2 Å². The molecule has 0 radical (unpaired) electrons. The monoisotopic (exact) mass is 298 g/mol. The number of alkyl halides is 1. The molecule has 4 heteroatoms. The minimum absolute atomic E-state index is 0.271. The Morgan fingerprint density at radius 2 is 1.89 bits per heavy atom. The van der Waals surface area contributed by atoms with E-state index in [0.29, 0.717) is 21.9 Å². The van der Waals surface area contributed by atoms with Gasteiger partial charge in [-0.25, -0.2) is 4.39 Å². The Labute approximate surface area is 121 Å². The molecule has 0 saturated heterocycles. The molecule has 100 valence electrons. The molecule has 0 heterocycles. The third-order valence-electron chi connectivity index (χ3n) is 2.97. The first-order valence-electron chi connectivity index (χ1n) is 5.76. The van der Waals surface area contributed by atoms with Crippen molar-refractivity contribution in [3.8, 4) is 5.75 Å². The van der Waals surface area contributed by atoms with Crippen LogP contribution in [0.5, 0.6) is 5.75 Å². The van der Waals surface area contributed by atoms with E-state index < -0.39 is 5.38 Å². The molecular formula is C15H13Cl2FO. The van der Waals surface area contributed by atoms with Crippen molar-refractivity contribution in [3.63, 3.8) is 0 Å². The van der Waals surface area contributed by atoms with E-state index in [-0.39, 0.29) is 5.82 Å². The first kappa shape index (κ1) is 14.2. The minimum Gasteiger partial charge on any atom is -0.497 e. The zero-order valence-electron chi connectivity index (χ0n) is 10.6. The maximum Gasteiger partial charge on any atom is 0.126 e. The van der Waals surface area contributed by atoms with Crippen molar-refractivity contribution in [2.24, 2.45) is 0 Å². The second-order valence-corrected chi connectivity index (χ2v) is 5.10. The van der Waals surface area contributed by atoms with Crippen LogP contribution in [0.1, 0.15) is 22.1 Å². The fourth-order valence-corrected chi connectivity index (χ4v) is 2.45. The highest BCUT2D eigenvalue weighted by Gasteiger charge is 2.16. The zero-order chi connectivity index (χ0) is 14.0. The highest BCUT2D eigenvalue weighted by molar-refractivity contribution is 6.33. The molecule has 2 aromatic carbocycles. The Morgan fingerprint density at radius 1 is 1.16 bits per heavy atom. The average molecular weight is 299 g/mol. The lowest BCUT2D eigenvalue weighted by atomic mass is 10.0. The number of hydrogen-bond donors (Lipinski definition) is 0. The van der Waals surface area contributed by atoms with Gasteiger partial charge in [0, 0.05) is 5.02 Å². The number of aryl methyl sites for hydroxylation is 1. The van der Waals surface area contributed by atoms with Gasteiger partial charge in [-0.2, -0.15) is 0 Å². The van der Waals surface area contributed by atoms with E-state index >= 15 is 0 Å². The Hall–Kier alpha value is -1.25. The summed E-state index contributed by atoms with van der Waals surface area (Å²) in [7, 11) is 1.57. The first-order valence-corrected chi connectivity index (χ1v) is 6.58. The highest BCUT2D eigenvalue weighted by Crippen LogP contribution is 2.35. The summed E-state index contributed by atoms with van der Waals surface area (Å²) >= 11 is 12.5. The topological polar surface area (TPSA) is 9.23 Å². The van der Waals surface area contributed by atoms with Crippen LogP contribution in [0.2, 0.25) is 5.02 Å². The first-order chi connectivity index (χ1) is 9.02. The summed E-state index contributed by atoms with van der Waals surface area (Å²) in [6, 6.07) is 10.2. The smallest absolute Gasteiger partial charge is 0.126 e. The molecule has 0 spiro atoms. The molecule has 0 aliphatic carbocycles. The van der Waals surface area contributed by atoms with Gasteiger partial charge in [-0.05, 0) is 41.8 Å². The van der Waals surface area contributed by atoms with Crippen LogP contribution < -0.4 is 4.74 Å². The molecule has 1 unspecified atom stereocenters. The fraction of sp³-hybridized carbons (Fsp3) is 0.200. The number of benzene rings is 2. The maximum absolute atomic E-state index is 13.6. The Bertz CT molecular complexity index is 599. The van der Waals surface area contributed by atoms with Crippen molar-refractivity contribution in [1.82, 2.24) is 0 Å². The van der Waals surface area contributed by atoms with Gasteiger partial charge >= 0.3 is 0 Å². The molecule has 2 aromatic rings. The van der Waals surface area contributed by atoms with Crippen LogP contribution in [0.15, 0.2) is 36.4 Å². The second kappa shape index (κ2) is 5.81. The molecule has 0 aromatic heterocycles. The average Bonchev–Trinajstić information content (AvgIpc) is 2.41. The molecule has 0 aliphatic rings. The van der Waals surface area contributed by atoms with Crippen LogP contribution in [0.4, 0.5) is 4.39 Å². The molecular weight excluding hydrogens is 286 g/mol. The van der Waals surface area contributed by atoms with Gasteiger partial charge in [-0.3, -0.25) is 0 Å². The summed E-state index contributed by atoms with van der Waals surface area (Å²) in [4.78, 5) is 0. The lowest BCUT2D eigenvalue weighted by Gasteiger charge is -2.13. The van der Waals surface area contributed by atoms with Crippen LogP contribution in [-0.4, -0.2) is 7.11 Å². The molecule has 19 heavy (non-hydrogen) atoms. The molecule has 0 bridgehead atoms. The van der Waals surface area contributed by atoms with E-state index in [4.69, 9.17) is 27.9 Å². The lowest BCUT2D eigenvalue weighted by molar-refractivity contribution is 0.414. The maximum atomic E-state index is 13.6. The van der Waals surface area contributed by atoms with E-state index in [1.54, 1.807) is 44.4 Å². The summed E-state index contributed by atoms with van der Waals surface area (Å²) in [5.41, 5.74) is 2.00. The summed E-state index contributed by atoms with van der Waals surface area (Å²) < 4.78 is 18.6. The summed E-state index contributed by atoms with van der Waals surface area (Å²) in [5, 5.41) is 0.00818. The molecule has 0 fully saturated rings. The Balaban J connectivity index is 2.38. The molecule has 0 amide bonds. The number of halogens is 3. The van der Waals surface area contributed by atoms with Gasteiger partial charge in [0.25, 0.3) is 0 Å². The van der Waals surface area contributed by atoms with Crippen molar-refractivity contribution in [2.45, 2.75) is 12.3 Å². The fourth-order valence-electron chi connectivity index (χ4n) is 1.79. The van der Waals surface area contributed by atoms with Gasteiger partial charge in [-0.1, -0.05) is 29.8 Å². The predicted octanol–water partition coefficient (Wildman–Crippen LogP) is 5.12. The van der Waals surface area contributed by atoms with Gasteiger partial charge in [-0.15, -0.1) is 11.6 Å². The summed E-state index contributed by atoms with van der Waals surface area (Å²) in [5.74, 6) is 0.389. The molecule has 2 rings (SSSR count). The molecule has 1 nitrogen and oxygen atoms in total. The molecule has 0 saturated carbocycles. The van der Waals surface area contributed by atoms with Crippen molar-refractivity contribution in [3.05, 3.63) is 63.9 Å². The number of methoxy groups -OCH3 is 1. The standard InChI is InChI=1S/C15H13Cl2FO/c1-9-3-4-10(7-14(9)18)15(17)12-6-5-11(19-2)8-13(12)16/h3-8,15H,1-2H3. The van der Waals surface area contributed by atoms with E-state index in [9.17, 15) is 4.39 Å². The third kappa shape index (κ3) is 3.02. The number of hydrogen-bond acceptors (Lipinski definition) is 1. The third-order valence-corrected chi connectivity index (χ3v) is 3.78. The summed E-state index contributed by atoms with van der Waals surface area (Å²) in [6.45, 7) is 1.71. The van der Waals surface area contributed by atoms with Crippen LogP contribution in [0.3, 0.4) is 0 Å². The van der Waals surface area contributed by atoms with Gasteiger partial charge in [0.15, 0.2) is 0 Å². The highest BCUT2D eigenvalue weighted by atomic mass is 35.5. The lowest BCUT2D eigenvalue weighted by Crippen LogP contribution is -1.97. The summed E-state index contributed by atoms with van der Waals surface area (Å²) in [6.07, 6.45) is 0. The SMILES string of the molecule is COc1ccc(C(Cl)c2ccc(C)c(F)c2)c(Cl)c1. The van der Waals surface area contributed by atoms with Gasteiger partial charge in [0.05, 0.1) is 12.5 Å². The molecule has 1 atom stereocenters. The second-order valence-electron chi connectivity index (χ2n) is 4.26. The van der Waals surface area contributed by atoms with Gasteiger partial charge in [0.1, 0.15) is 11.6 Å². The van der Waals surface area contributed by atoms with Crippen LogP contribution in [0.25, 0.3) is 0 Å². The Kier molecular flexibility index (Phi) is 4.33. The van der Waals surface area contributed by atoms with E-state index in [2.05, 4.69) is 0 Å². The quantitative estimate of drug-likeness (QED) is 0.714. The number of ether oxygens (including phenoxy) is 1. The van der Waals surface area contributed by atoms with Crippen molar-refractivity contribution in [1.29, 1.82) is 0 Å². The molecule has 0 N–H and O–H groups in total. The Morgan fingerprint density at radius 3 is 2.47 bits per heavy atom. The zero-order valence-corrected chi connectivity index (χ0v) is 12.1. The van der Waals surface area contributed by atoms with E-state index in [1.807, 2.05) is 0 Å². The predicted molar refractivity (Wildman–Crippen MR) is 76.8 cm³/mol. The van der Waals surface area contributed by atoms with E-state index in [1.165, 1.54) is 6.07 Å². The minimum atomic E-state index is -0.492. The van der Waals surface area contributed by atoms with Gasteiger partial charge in [0.2, 0.25) is 0 Å². The number of rotatable bonds is 3. The van der Waals surface area contributed by atoms with Gasteiger partial charge < -0.3 is 4.74 Å². The van der Waals surface area contributed by atoms with E-state index in [0.717, 1.165) is 5.56 Å². The van der Waals surface area contributed by atoms with Crippen LogP contribution in [-0.2, 0) is 0 Å². The van der Waals surface area contributed by atoms with Crippen molar-refractivity contribution < 1.29 is 9.13 Å². The van der Waals surface area contributed by atoms with Crippen molar-refractivity contribution in [2.75, 3.05) is 7.11 Å². The van der Waals surface area contributed by atoms with Crippen molar-refractivity contribution >= 4 is 23.2 Å². The van der Waals surface area contributed by atoms with Crippen LogP contribution in [0, 0.1) is 12.7 Å². The normalized spacial score (nSPS) is 12.3.